The number of nitrogens with one attached hydrogen (secondary N) is 2. The van der Waals surface area contributed by atoms with Gasteiger partial charge in [-0.15, -0.1) is 0 Å². The van der Waals surface area contributed by atoms with Gasteiger partial charge in [-0.25, -0.2) is 9.97 Å². The Morgan fingerprint density at radius 2 is 1.71 bits per heavy atom. The summed E-state index contributed by atoms with van der Waals surface area (Å²) in [6.45, 7) is 5.64. The lowest BCUT2D eigenvalue weighted by Gasteiger charge is -2.13. The summed E-state index contributed by atoms with van der Waals surface area (Å²) < 4.78 is 15.7. The highest BCUT2D eigenvalue weighted by molar-refractivity contribution is 5.63. The molecule has 7 heteroatoms. The molecule has 1 heterocycles. The zero-order valence-electron chi connectivity index (χ0n) is 13.1. The van der Waals surface area contributed by atoms with E-state index < -0.39 is 0 Å². The molecule has 1 aromatic heterocycles. The third-order valence-electron chi connectivity index (χ3n) is 2.74. The zero-order valence-corrected chi connectivity index (χ0v) is 13.1. The number of rotatable bonds is 12. The first kappa shape index (κ1) is 17.5. The van der Waals surface area contributed by atoms with Crippen LogP contribution in [0.5, 0.6) is 5.75 Å². The molecule has 0 aliphatic rings. The summed E-state index contributed by atoms with van der Waals surface area (Å²) in [6.07, 6.45) is 3.43. The smallest absolute Gasteiger partial charge is 0.204 e. The van der Waals surface area contributed by atoms with Crippen LogP contribution in [0, 0.1) is 0 Å². The van der Waals surface area contributed by atoms with Crippen molar-refractivity contribution in [2.24, 2.45) is 0 Å². The second-order valence-electron chi connectivity index (χ2n) is 4.42. The van der Waals surface area contributed by atoms with Crippen LogP contribution in [0.15, 0.2) is 6.33 Å². The summed E-state index contributed by atoms with van der Waals surface area (Å²) in [5, 5.41) is 6.47. The van der Waals surface area contributed by atoms with E-state index in [0.717, 1.165) is 25.9 Å². The molecule has 0 bridgehead atoms. The molecule has 0 atom stereocenters. The highest BCUT2D eigenvalue weighted by Crippen LogP contribution is 2.28. The molecule has 2 N–H and O–H groups in total. The number of methoxy groups -OCH3 is 2. The Morgan fingerprint density at radius 1 is 1.00 bits per heavy atom. The van der Waals surface area contributed by atoms with Gasteiger partial charge in [0.05, 0.1) is 20.3 Å². The third kappa shape index (κ3) is 6.59. The van der Waals surface area contributed by atoms with Crippen molar-refractivity contribution >= 4 is 11.6 Å². The van der Waals surface area contributed by atoms with Crippen LogP contribution in [-0.2, 0) is 9.47 Å². The fraction of sp³-hybridized carbons (Fsp3) is 0.714. The van der Waals surface area contributed by atoms with Gasteiger partial charge in [0.1, 0.15) is 6.33 Å². The van der Waals surface area contributed by atoms with E-state index in [9.17, 15) is 0 Å². The molecule has 0 unspecified atom stereocenters. The second-order valence-corrected chi connectivity index (χ2v) is 4.42. The molecule has 120 valence electrons. The molecule has 0 saturated carbocycles. The van der Waals surface area contributed by atoms with Crippen LogP contribution < -0.4 is 15.4 Å². The van der Waals surface area contributed by atoms with Gasteiger partial charge < -0.3 is 24.8 Å². The van der Waals surface area contributed by atoms with Crippen molar-refractivity contribution in [1.29, 1.82) is 0 Å². The molecule has 0 radical (unpaired) electrons. The van der Waals surface area contributed by atoms with Crippen molar-refractivity contribution in [2.45, 2.75) is 19.8 Å². The summed E-state index contributed by atoms with van der Waals surface area (Å²) in [7, 11) is 3.28. The average molecular weight is 298 g/mol. The van der Waals surface area contributed by atoms with Crippen LogP contribution in [0.3, 0.4) is 0 Å². The standard InChI is InChI=1S/C14H26N4O3/c1-4-6-15-13-12(20-3)14(18-11-17-13)16-7-5-8-21-10-9-19-2/h11H,4-10H2,1-3H3,(H2,15,16,17,18). The van der Waals surface area contributed by atoms with Crippen LogP contribution in [0.4, 0.5) is 11.6 Å². The first-order valence-electron chi connectivity index (χ1n) is 7.26. The lowest BCUT2D eigenvalue weighted by molar-refractivity contribution is 0.0705. The van der Waals surface area contributed by atoms with Gasteiger partial charge in [-0.3, -0.25) is 0 Å². The minimum absolute atomic E-state index is 0.623. The van der Waals surface area contributed by atoms with Gasteiger partial charge in [0.2, 0.25) is 5.75 Å². The molecular weight excluding hydrogens is 272 g/mol. The van der Waals surface area contributed by atoms with E-state index in [0.29, 0.717) is 37.2 Å². The predicted octanol–water partition coefficient (Wildman–Crippen LogP) is 1.77. The monoisotopic (exact) mass is 298 g/mol. The van der Waals surface area contributed by atoms with E-state index in [-0.39, 0.29) is 0 Å². The van der Waals surface area contributed by atoms with Gasteiger partial charge >= 0.3 is 0 Å². The molecule has 7 nitrogen and oxygen atoms in total. The summed E-state index contributed by atoms with van der Waals surface area (Å²) in [4.78, 5) is 8.42. The zero-order chi connectivity index (χ0) is 15.3. The number of ether oxygens (including phenoxy) is 3. The maximum absolute atomic E-state index is 5.40. The van der Waals surface area contributed by atoms with Crippen LogP contribution >= 0.6 is 0 Å². The van der Waals surface area contributed by atoms with Crippen LogP contribution in [-0.4, -0.2) is 57.1 Å². The maximum Gasteiger partial charge on any atom is 0.204 e. The SMILES string of the molecule is CCCNc1ncnc(NCCCOCCOC)c1OC. The van der Waals surface area contributed by atoms with Gasteiger partial charge in [0.15, 0.2) is 11.6 Å². The van der Waals surface area contributed by atoms with Crippen molar-refractivity contribution < 1.29 is 14.2 Å². The van der Waals surface area contributed by atoms with Crippen LogP contribution in [0.1, 0.15) is 19.8 Å². The summed E-state index contributed by atoms with van der Waals surface area (Å²) >= 11 is 0. The molecule has 0 spiro atoms. The summed E-state index contributed by atoms with van der Waals surface area (Å²) in [5.41, 5.74) is 0. The van der Waals surface area contributed by atoms with Crippen LogP contribution in [0.25, 0.3) is 0 Å². The van der Waals surface area contributed by atoms with E-state index in [1.54, 1.807) is 14.2 Å². The van der Waals surface area contributed by atoms with Crippen molar-refractivity contribution in [3.63, 3.8) is 0 Å². The third-order valence-corrected chi connectivity index (χ3v) is 2.74. The first-order chi connectivity index (χ1) is 10.3. The minimum Gasteiger partial charge on any atom is -0.490 e. The van der Waals surface area contributed by atoms with Gasteiger partial charge in [-0.2, -0.15) is 0 Å². The van der Waals surface area contributed by atoms with Crippen molar-refractivity contribution in [3.05, 3.63) is 6.33 Å². The van der Waals surface area contributed by atoms with Gasteiger partial charge in [0, 0.05) is 26.8 Å². The van der Waals surface area contributed by atoms with E-state index >= 15 is 0 Å². The largest absolute Gasteiger partial charge is 0.490 e. The molecular formula is C14H26N4O3. The van der Waals surface area contributed by atoms with Gasteiger partial charge in [0.25, 0.3) is 0 Å². The molecule has 0 amide bonds. The Bertz CT molecular complexity index is 390. The number of anilines is 2. The molecule has 0 fully saturated rings. The van der Waals surface area contributed by atoms with Gasteiger partial charge in [-0.05, 0) is 12.8 Å². The Morgan fingerprint density at radius 3 is 2.33 bits per heavy atom. The van der Waals surface area contributed by atoms with E-state index in [1.165, 1.54) is 6.33 Å². The lowest BCUT2D eigenvalue weighted by atomic mass is 10.4. The van der Waals surface area contributed by atoms with Crippen molar-refractivity contribution in [2.75, 3.05) is 57.8 Å². The highest BCUT2D eigenvalue weighted by Gasteiger charge is 2.10. The van der Waals surface area contributed by atoms with Crippen LogP contribution in [0.2, 0.25) is 0 Å². The fourth-order valence-electron chi connectivity index (χ4n) is 1.69. The number of hydrogen-bond acceptors (Lipinski definition) is 7. The number of hydrogen-bond donors (Lipinski definition) is 2. The Balaban J connectivity index is 2.39. The molecule has 0 saturated heterocycles. The summed E-state index contributed by atoms with van der Waals surface area (Å²) in [5.74, 6) is 2.06. The quantitative estimate of drug-likeness (QED) is 0.569. The normalized spacial score (nSPS) is 10.4. The Labute approximate surface area is 126 Å². The molecule has 0 aliphatic carbocycles. The molecule has 21 heavy (non-hydrogen) atoms. The molecule has 1 rings (SSSR count). The molecule has 0 aliphatic heterocycles. The number of aromatic nitrogens is 2. The minimum atomic E-state index is 0.623. The second kappa shape index (κ2) is 11.1. The Kier molecular flexibility index (Phi) is 9.23. The van der Waals surface area contributed by atoms with Gasteiger partial charge in [-0.1, -0.05) is 6.92 Å². The number of nitrogens with zero attached hydrogens (tertiary/aromatic N) is 2. The highest BCUT2D eigenvalue weighted by atomic mass is 16.5. The maximum atomic E-state index is 5.40. The topological polar surface area (TPSA) is 77.5 Å². The van der Waals surface area contributed by atoms with E-state index in [1.807, 2.05) is 0 Å². The van der Waals surface area contributed by atoms with Crippen molar-refractivity contribution in [1.82, 2.24) is 9.97 Å². The van der Waals surface area contributed by atoms with Crippen molar-refractivity contribution in [3.8, 4) is 5.75 Å². The first-order valence-corrected chi connectivity index (χ1v) is 7.26. The van der Waals surface area contributed by atoms with E-state index in [2.05, 4.69) is 27.5 Å². The van der Waals surface area contributed by atoms with E-state index in [4.69, 9.17) is 14.2 Å². The lowest BCUT2D eigenvalue weighted by Crippen LogP contribution is -2.11. The Hall–Kier alpha value is -1.60. The molecule has 0 aromatic carbocycles. The average Bonchev–Trinajstić information content (AvgIpc) is 2.52. The summed E-state index contributed by atoms with van der Waals surface area (Å²) in [6, 6.07) is 0. The predicted molar refractivity (Wildman–Crippen MR) is 83.2 cm³/mol. The fourth-order valence-corrected chi connectivity index (χ4v) is 1.69. The molecule has 1 aromatic rings.